The van der Waals surface area contributed by atoms with Crippen LogP contribution in [0.1, 0.15) is 30.5 Å². The van der Waals surface area contributed by atoms with Crippen molar-refractivity contribution >= 4 is 16.0 Å². The minimum absolute atomic E-state index is 0.152. The number of rotatable bonds is 5. The van der Waals surface area contributed by atoms with Crippen LogP contribution >= 0.6 is 0 Å². The number of aromatic nitrogens is 2. The highest BCUT2D eigenvalue weighted by Gasteiger charge is 2.16. The smallest absolute Gasteiger partial charge is 0.240 e. The predicted molar refractivity (Wildman–Crippen MR) is 93.3 cm³/mol. The van der Waals surface area contributed by atoms with Crippen LogP contribution in [0.2, 0.25) is 0 Å². The van der Waals surface area contributed by atoms with Gasteiger partial charge < -0.3 is 4.90 Å². The van der Waals surface area contributed by atoms with Gasteiger partial charge in [-0.1, -0.05) is 17.7 Å². The molecule has 0 radical (unpaired) electrons. The van der Waals surface area contributed by atoms with Gasteiger partial charge >= 0.3 is 0 Å². The van der Waals surface area contributed by atoms with Gasteiger partial charge in [-0.05, 0) is 44.4 Å². The van der Waals surface area contributed by atoms with Crippen molar-refractivity contribution in [1.29, 1.82) is 0 Å². The van der Waals surface area contributed by atoms with Crippen LogP contribution in [-0.4, -0.2) is 31.5 Å². The zero-order chi connectivity index (χ0) is 17.0. The number of anilines is 1. The average molecular weight is 346 g/mol. The standard InChI is InChI=1S/C17H22N4O2S/c1-14-5-7-16(8-6-14)24(22,23)19-13-15-9-10-18-17(20-15)21-11-3-2-4-12-21/h5-10,19H,2-4,11-13H2,1H3. The third kappa shape index (κ3) is 4.10. The number of hydrogen-bond acceptors (Lipinski definition) is 5. The van der Waals surface area contributed by atoms with Crippen molar-refractivity contribution in [2.24, 2.45) is 0 Å². The lowest BCUT2D eigenvalue weighted by molar-refractivity contribution is 0.566. The van der Waals surface area contributed by atoms with Crippen LogP contribution in [0.25, 0.3) is 0 Å². The second-order valence-electron chi connectivity index (χ2n) is 6.03. The topological polar surface area (TPSA) is 75.2 Å². The fraction of sp³-hybridized carbons (Fsp3) is 0.412. The molecule has 0 spiro atoms. The lowest BCUT2D eigenvalue weighted by atomic mass is 10.1. The summed E-state index contributed by atoms with van der Waals surface area (Å²) < 4.78 is 27.3. The van der Waals surface area contributed by atoms with Crippen molar-refractivity contribution in [3.05, 3.63) is 47.8 Å². The molecule has 1 aliphatic heterocycles. The van der Waals surface area contributed by atoms with E-state index in [0.717, 1.165) is 31.5 Å². The van der Waals surface area contributed by atoms with Gasteiger partial charge in [0.05, 0.1) is 17.1 Å². The van der Waals surface area contributed by atoms with E-state index in [9.17, 15) is 8.42 Å². The maximum Gasteiger partial charge on any atom is 0.240 e. The van der Waals surface area contributed by atoms with Crippen molar-refractivity contribution < 1.29 is 8.42 Å². The summed E-state index contributed by atoms with van der Waals surface area (Å²) in [6.45, 7) is 3.99. The molecule has 0 amide bonds. The minimum Gasteiger partial charge on any atom is -0.341 e. The third-order valence-electron chi connectivity index (χ3n) is 4.11. The number of hydrogen-bond donors (Lipinski definition) is 1. The quantitative estimate of drug-likeness (QED) is 0.899. The van der Waals surface area contributed by atoms with Gasteiger partial charge in [0.25, 0.3) is 0 Å². The first-order valence-electron chi connectivity index (χ1n) is 8.18. The number of aryl methyl sites for hydroxylation is 1. The SMILES string of the molecule is Cc1ccc(S(=O)(=O)NCc2ccnc(N3CCCCC3)n2)cc1. The Bertz CT molecular complexity index is 784. The second-order valence-corrected chi connectivity index (χ2v) is 7.80. The van der Waals surface area contributed by atoms with Gasteiger partial charge in [0.15, 0.2) is 0 Å². The molecule has 6 nitrogen and oxygen atoms in total. The molecule has 0 bridgehead atoms. The molecule has 3 rings (SSSR count). The minimum atomic E-state index is -3.54. The molecule has 1 N–H and O–H groups in total. The maximum atomic E-state index is 12.3. The largest absolute Gasteiger partial charge is 0.341 e. The van der Waals surface area contributed by atoms with E-state index in [2.05, 4.69) is 19.6 Å². The molecular formula is C17H22N4O2S. The van der Waals surface area contributed by atoms with Gasteiger partial charge in [0.1, 0.15) is 0 Å². The summed E-state index contributed by atoms with van der Waals surface area (Å²) in [5.41, 5.74) is 1.69. The van der Waals surface area contributed by atoms with Gasteiger partial charge in [-0.3, -0.25) is 0 Å². The van der Waals surface area contributed by atoms with E-state index in [1.165, 1.54) is 6.42 Å². The number of nitrogens with zero attached hydrogens (tertiary/aromatic N) is 3. The molecule has 2 aromatic rings. The lowest BCUT2D eigenvalue weighted by Gasteiger charge is -2.26. The lowest BCUT2D eigenvalue weighted by Crippen LogP contribution is -2.31. The first kappa shape index (κ1) is 16.9. The second kappa shape index (κ2) is 7.27. The van der Waals surface area contributed by atoms with Gasteiger partial charge in [0.2, 0.25) is 16.0 Å². The zero-order valence-corrected chi connectivity index (χ0v) is 14.6. The molecule has 128 valence electrons. The Morgan fingerprint density at radius 3 is 2.50 bits per heavy atom. The highest BCUT2D eigenvalue weighted by Crippen LogP contribution is 2.16. The number of nitrogens with one attached hydrogen (secondary N) is 1. The van der Waals surface area contributed by atoms with Crippen molar-refractivity contribution in [3.63, 3.8) is 0 Å². The van der Waals surface area contributed by atoms with E-state index < -0.39 is 10.0 Å². The first-order valence-corrected chi connectivity index (χ1v) is 9.66. The highest BCUT2D eigenvalue weighted by atomic mass is 32.2. The van der Waals surface area contributed by atoms with Gasteiger partial charge in [-0.25, -0.2) is 23.1 Å². The highest BCUT2D eigenvalue weighted by molar-refractivity contribution is 7.89. The summed E-state index contributed by atoms with van der Waals surface area (Å²) >= 11 is 0. The van der Waals surface area contributed by atoms with Crippen molar-refractivity contribution in [2.45, 2.75) is 37.6 Å². The third-order valence-corrected chi connectivity index (χ3v) is 5.53. The summed E-state index contributed by atoms with van der Waals surface area (Å²) in [7, 11) is -3.54. The Labute approximate surface area is 143 Å². The molecule has 1 aromatic carbocycles. The molecule has 7 heteroatoms. The summed E-state index contributed by atoms with van der Waals surface area (Å²) in [5, 5.41) is 0. The van der Waals surface area contributed by atoms with Crippen LogP contribution in [0.15, 0.2) is 41.4 Å². The summed E-state index contributed by atoms with van der Waals surface area (Å²) in [4.78, 5) is 11.2. The molecule has 0 aliphatic carbocycles. The summed E-state index contributed by atoms with van der Waals surface area (Å²) in [6.07, 6.45) is 5.22. The molecule has 1 saturated heterocycles. The number of sulfonamides is 1. The summed E-state index contributed by atoms with van der Waals surface area (Å²) in [5.74, 6) is 0.682. The van der Waals surface area contributed by atoms with Gasteiger partial charge in [-0.15, -0.1) is 0 Å². The van der Waals surface area contributed by atoms with Crippen LogP contribution in [0.5, 0.6) is 0 Å². The zero-order valence-electron chi connectivity index (χ0n) is 13.8. The summed E-state index contributed by atoms with van der Waals surface area (Å²) in [6, 6.07) is 8.53. The molecule has 1 fully saturated rings. The fourth-order valence-corrected chi connectivity index (χ4v) is 3.70. The monoisotopic (exact) mass is 346 g/mol. The predicted octanol–water partition coefficient (Wildman–Crippen LogP) is 2.25. The van der Waals surface area contributed by atoms with Crippen LogP contribution in [0.3, 0.4) is 0 Å². The molecule has 24 heavy (non-hydrogen) atoms. The van der Waals surface area contributed by atoms with Crippen LogP contribution in [-0.2, 0) is 16.6 Å². The average Bonchev–Trinajstić information content (AvgIpc) is 2.61. The molecule has 1 aromatic heterocycles. The molecular weight excluding hydrogens is 324 g/mol. The Balaban J connectivity index is 1.68. The maximum absolute atomic E-state index is 12.3. The van der Waals surface area contributed by atoms with E-state index in [1.54, 1.807) is 36.5 Å². The van der Waals surface area contributed by atoms with Crippen molar-refractivity contribution in [1.82, 2.24) is 14.7 Å². The van der Waals surface area contributed by atoms with E-state index in [0.29, 0.717) is 11.6 Å². The first-order chi connectivity index (χ1) is 11.5. The van der Waals surface area contributed by atoms with Crippen molar-refractivity contribution in [2.75, 3.05) is 18.0 Å². The van der Waals surface area contributed by atoms with Crippen LogP contribution < -0.4 is 9.62 Å². The van der Waals surface area contributed by atoms with E-state index >= 15 is 0 Å². The Hall–Kier alpha value is -1.99. The number of piperidine rings is 1. The van der Waals surface area contributed by atoms with E-state index in [-0.39, 0.29) is 11.4 Å². The van der Waals surface area contributed by atoms with Gasteiger partial charge in [0, 0.05) is 19.3 Å². The molecule has 0 atom stereocenters. The van der Waals surface area contributed by atoms with Crippen molar-refractivity contribution in [3.8, 4) is 0 Å². The van der Waals surface area contributed by atoms with E-state index in [4.69, 9.17) is 0 Å². The molecule has 1 aliphatic rings. The van der Waals surface area contributed by atoms with Crippen LogP contribution in [0.4, 0.5) is 5.95 Å². The van der Waals surface area contributed by atoms with Crippen LogP contribution in [0, 0.1) is 6.92 Å². The Kier molecular flexibility index (Phi) is 5.11. The Morgan fingerprint density at radius 2 is 1.79 bits per heavy atom. The Morgan fingerprint density at radius 1 is 1.08 bits per heavy atom. The van der Waals surface area contributed by atoms with Gasteiger partial charge in [-0.2, -0.15) is 0 Å². The molecule has 0 unspecified atom stereocenters. The molecule has 0 saturated carbocycles. The van der Waals surface area contributed by atoms with E-state index in [1.807, 2.05) is 6.92 Å². The normalized spacial score (nSPS) is 15.5. The molecule has 2 heterocycles. The number of benzene rings is 1. The fourth-order valence-electron chi connectivity index (χ4n) is 2.70.